The number of thiazole rings is 1. The molecule has 5 heteroatoms. The number of anilines is 1. The molecule has 0 saturated heterocycles. The Morgan fingerprint density at radius 2 is 2.13 bits per heavy atom. The van der Waals surface area contributed by atoms with Crippen LogP contribution in [0.3, 0.4) is 0 Å². The summed E-state index contributed by atoms with van der Waals surface area (Å²) in [6.07, 6.45) is 2.71. The number of benzene rings is 2. The number of nitrogen functional groups attached to an aromatic ring is 1. The Balaban J connectivity index is 1.56. The summed E-state index contributed by atoms with van der Waals surface area (Å²) in [5, 5.41) is 0. The number of hydrogen-bond acceptors (Lipinski definition) is 5. The van der Waals surface area contributed by atoms with Gasteiger partial charge in [-0.1, -0.05) is 36.0 Å². The molecule has 3 rings (SSSR count). The molecule has 2 N–H and O–H groups in total. The van der Waals surface area contributed by atoms with Gasteiger partial charge in [0, 0.05) is 11.4 Å². The first-order chi connectivity index (χ1) is 11.3. The predicted octanol–water partition coefficient (Wildman–Crippen LogP) is 4.78. The Kier molecular flexibility index (Phi) is 5.20. The first-order valence-corrected chi connectivity index (χ1v) is 9.17. The van der Waals surface area contributed by atoms with Gasteiger partial charge in [-0.3, -0.25) is 0 Å². The molecule has 0 radical (unpaired) electrons. The first kappa shape index (κ1) is 15.9. The number of thioether (sulfide) groups is 1. The van der Waals surface area contributed by atoms with E-state index in [0.29, 0.717) is 6.61 Å². The van der Waals surface area contributed by atoms with Gasteiger partial charge in [0.25, 0.3) is 0 Å². The third kappa shape index (κ3) is 4.06. The molecular formula is C18H18N2OS2. The fourth-order valence-corrected chi connectivity index (χ4v) is 4.24. The topological polar surface area (TPSA) is 48.1 Å². The molecule has 0 amide bonds. The van der Waals surface area contributed by atoms with Gasteiger partial charge in [0.15, 0.2) is 4.34 Å². The van der Waals surface area contributed by atoms with Crippen molar-refractivity contribution in [2.24, 2.45) is 0 Å². The average molecular weight is 342 g/mol. The fraction of sp³-hybridized carbons (Fsp3) is 0.167. The number of nitrogens with two attached hydrogens (primary N) is 1. The van der Waals surface area contributed by atoms with E-state index in [0.717, 1.165) is 38.2 Å². The number of rotatable bonds is 7. The van der Waals surface area contributed by atoms with Crippen LogP contribution in [-0.4, -0.2) is 17.3 Å². The fourth-order valence-electron chi connectivity index (χ4n) is 2.23. The van der Waals surface area contributed by atoms with E-state index < -0.39 is 0 Å². The lowest BCUT2D eigenvalue weighted by Gasteiger charge is -2.09. The average Bonchev–Trinajstić information content (AvgIpc) is 2.95. The third-order valence-corrected chi connectivity index (χ3v) is 5.42. The van der Waals surface area contributed by atoms with E-state index in [1.54, 1.807) is 23.1 Å². The van der Waals surface area contributed by atoms with Crippen LogP contribution in [0.1, 0.15) is 5.56 Å². The molecule has 3 nitrogen and oxygen atoms in total. The van der Waals surface area contributed by atoms with Crippen LogP contribution in [0.15, 0.2) is 59.5 Å². The summed E-state index contributed by atoms with van der Waals surface area (Å²) in [6, 6.07) is 13.9. The van der Waals surface area contributed by atoms with Gasteiger partial charge in [0.05, 0.1) is 16.8 Å². The molecule has 3 aromatic rings. The number of hydrogen-bond donors (Lipinski definition) is 1. The van der Waals surface area contributed by atoms with Crippen LogP contribution in [0.5, 0.6) is 5.75 Å². The number of allylic oxidation sites excluding steroid dienone is 1. The van der Waals surface area contributed by atoms with Gasteiger partial charge < -0.3 is 10.5 Å². The number of para-hydroxylation sites is 1. The van der Waals surface area contributed by atoms with E-state index in [9.17, 15) is 0 Å². The Labute approximate surface area is 144 Å². The van der Waals surface area contributed by atoms with Crippen molar-refractivity contribution in [2.45, 2.75) is 10.8 Å². The van der Waals surface area contributed by atoms with Crippen LogP contribution < -0.4 is 10.5 Å². The van der Waals surface area contributed by atoms with Gasteiger partial charge in [-0.2, -0.15) is 0 Å². The molecule has 0 atom stereocenters. The number of fused-ring (bicyclic) bond motifs is 1. The van der Waals surface area contributed by atoms with Crippen molar-refractivity contribution in [1.29, 1.82) is 0 Å². The Hall–Kier alpha value is -1.98. The normalized spacial score (nSPS) is 10.8. The largest absolute Gasteiger partial charge is 0.492 e. The first-order valence-electron chi connectivity index (χ1n) is 7.37. The van der Waals surface area contributed by atoms with E-state index in [4.69, 9.17) is 10.5 Å². The van der Waals surface area contributed by atoms with E-state index in [1.165, 1.54) is 5.56 Å². The molecule has 0 fully saturated rings. The molecule has 118 valence electrons. The molecule has 0 unspecified atom stereocenters. The molecule has 1 aromatic heterocycles. The third-order valence-electron chi connectivity index (χ3n) is 3.30. The van der Waals surface area contributed by atoms with Crippen molar-refractivity contribution in [3.63, 3.8) is 0 Å². The molecule has 0 spiro atoms. The van der Waals surface area contributed by atoms with Crippen molar-refractivity contribution in [1.82, 2.24) is 4.98 Å². The molecule has 0 aliphatic rings. The van der Waals surface area contributed by atoms with Crippen LogP contribution in [0.4, 0.5) is 5.69 Å². The number of ether oxygens (including phenoxy) is 1. The highest BCUT2D eigenvalue weighted by Gasteiger charge is 2.06. The van der Waals surface area contributed by atoms with Gasteiger partial charge in [0.2, 0.25) is 0 Å². The van der Waals surface area contributed by atoms with E-state index in [-0.39, 0.29) is 0 Å². The van der Waals surface area contributed by atoms with Crippen LogP contribution >= 0.6 is 23.1 Å². The van der Waals surface area contributed by atoms with Crippen molar-refractivity contribution in [2.75, 3.05) is 18.1 Å². The maximum Gasteiger partial charge on any atom is 0.151 e. The van der Waals surface area contributed by atoms with Crippen LogP contribution in [0, 0.1) is 0 Å². The van der Waals surface area contributed by atoms with E-state index in [1.807, 2.05) is 42.5 Å². The Morgan fingerprint density at radius 1 is 1.26 bits per heavy atom. The lowest BCUT2D eigenvalue weighted by molar-refractivity contribution is 0.341. The summed E-state index contributed by atoms with van der Waals surface area (Å²) in [6.45, 7) is 4.43. The van der Waals surface area contributed by atoms with Gasteiger partial charge in [-0.15, -0.1) is 17.9 Å². The zero-order valence-corrected chi connectivity index (χ0v) is 14.3. The van der Waals surface area contributed by atoms with E-state index >= 15 is 0 Å². The Morgan fingerprint density at radius 3 is 3.00 bits per heavy atom. The quantitative estimate of drug-likeness (QED) is 0.290. The maximum atomic E-state index is 5.89. The second kappa shape index (κ2) is 7.53. The smallest absolute Gasteiger partial charge is 0.151 e. The molecule has 0 bridgehead atoms. The van der Waals surface area contributed by atoms with E-state index in [2.05, 4.69) is 17.6 Å². The highest BCUT2D eigenvalue weighted by molar-refractivity contribution is 8.01. The van der Waals surface area contributed by atoms with Crippen molar-refractivity contribution in [3.8, 4) is 5.75 Å². The van der Waals surface area contributed by atoms with Crippen molar-refractivity contribution < 1.29 is 4.74 Å². The molecular weight excluding hydrogens is 324 g/mol. The molecule has 1 heterocycles. The minimum Gasteiger partial charge on any atom is -0.492 e. The summed E-state index contributed by atoms with van der Waals surface area (Å²) in [7, 11) is 0. The monoisotopic (exact) mass is 342 g/mol. The predicted molar refractivity (Wildman–Crippen MR) is 101 cm³/mol. The maximum absolute atomic E-state index is 5.89. The molecule has 0 saturated carbocycles. The van der Waals surface area contributed by atoms with Crippen LogP contribution in [0.2, 0.25) is 0 Å². The van der Waals surface area contributed by atoms with Crippen LogP contribution in [-0.2, 0) is 6.42 Å². The number of nitrogens with zero attached hydrogens (tertiary/aromatic N) is 1. The minimum atomic E-state index is 0.650. The molecule has 2 aromatic carbocycles. The van der Waals surface area contributed by atoms with Crippen molar-refractivity contribution >= 4 is 39.0 Å². The summed E-state index contributed by atoms with van der Waals surface area (Å²) < 4.78 is 8.07. The van der Waals surface area contributed by atoms with Gasteiger partial charge in [-0.25, -0.2) is 4.98 Å². The summed E-state index contributed by atoms with van der Waals surface area (Å²) >= 11 is 3.38. The summed E-state index contributed by atoms with van der Waals surface area (Å²) in [5.74, 6) is 1.79. The minimum absolute atomic E-state index is 0.650. The SMILES string of the molecule is C=CCc1ccccc1OCCSc1nc2ccc(N)cc2s1. The summed E-state index contributed by atoms with van der Waals surface area (Å²) in [4.78, 5) is 4.60. The van der Waals surface area contributed by atoms with Crippen molar-refractivity contribution in [3.05, 3.63) is 60.7 Å². The second-order valence-corrected chi connectivity index (χ2v) is 7.38. The Bertz CT molecular complexity index is 814. The highest BCUT2D eigenvalue weighted by atomic mass is 32.2. The van der Waals surface area contributed by atoms with Crippen LogP contribution in [0.25, 0.3) is 10.2 Å². The highest BCUT2D eigenvalue weighted by Crippen LogP contribution is 2.30. The molecule has 0 aliphatic carbocycles. The number of aromatic nitrogens is 1. The van der Waals surface area contributed by atoms with Gasteiger partial charge in [-0.05, 0) is 36.2 Å². The van der Waals surface area contributed by atoms with Gasteiger partial charge >= 0.3 is 0 Å². The second-order valence-electron chi connectivity index (χ2n) is 5.00. The lowest BCUT2D eigenvalue weighted by Crippen LogP contribution is -2.02. The zero-order chi connectivity index (χ0) is 16.1. The zero-order valence-electron chi connectivity index (χ0n) is 12.7. The molecule has 0 aliphatic heterocycles. The lowest BCUT2D eigenvalue weighted by atomic mass is 10.1. The standard InChI is InChI=1S/C18H18N2OS2/c1-2-5-13-6-3-4-7-16(13)21-10-11-22-18-20-15-9-8-14(19)12-17(15)23-18/h2-4,6-9,12H,1,5,10-11,19H2. The summed E-state index contributed by atoms with van der Waals surface area (Å²) in [5.41, 5.74) is 8.75. The van der Waals surface area contributed by atoms with Gasteiger partial charge in [0.1, 0.15) is 5.75 Å². The molecule has 23 heavy (non-hydrogen) atoms.